The average Bonchev–Trinajstić information content (AvgIpc) is 1.55. The number of ether oxygens (including phenoxy) is 5. The summed E-state index contributed by atoms with van der Waals surface area (Å²) in [6.07, 6.45) is 4.83. The number of phenolic OH excluding ortho intramolecular Hbond substituents is 1. The van der Waals surface area contributed by atoms with Crippen molar-refractivity contribution >= 4 is 98.7 Å². The molecule has 526 valence electrons. The molecule has 6 N–H and O–H groups in total. The van der Waals surface area contributed by atoms with Crippen molar-refractivity contribution in [3.8, 4) is 46.0 Å². The number of nitrogens with zero attached hydrogens (tertiary/aromatic N) is 3. The number of hydrogen-bond acceptors (Lipinski definition) is 17. The maximum atomic E-state index is 15.4. The fourth-order valence-corrected chi connectivity index (χ4v) is 11.6. The topological polar surface area (TPSA) is 273 Å². The Bertz CT molecular complexity index is 4050. The Kier molecular flexibility index (Phi) is 34.9. The van der Waals surface area contributed by atoms with Crippen LogP contribution in [0.3, 0.4) is 0 Å². The van der Waals surface area contributed by atoms with Gasteiger partial charge in [0.2, 0.25) is 23.6 Å². The molecule has 4 amide bonds. The first-order valence-corrected chi connectivity index (χ1v) is 31.7. The third-order valence-electron chi connectivity index (χ3n) is 17.6. The maximum absolute atomic E-state index is 15.4. The minimum absolute atomic E-state index is 0. The van der Waals surface area contributed by atoms with E-state index in [1.807, 2.05) is 7.05 Å². The molecule has 2 aromatic heterocycles. The summed E-state index contributed by atoms with van der Waals surface area (Å²) >= 11 is 5.51. The third-order valence-corrected chi connectivity index (χ3v) is 17.8. The predicted molar refractivity (Wildman–Crippen MR) is 367 cm³/mol. The van der Waals surface area contributed by atoms with E-state index < -0.39 is 57.7 Å². The Morgan fingerprint density at radius 2 is 0.990 bits per heavy atom. The Balaban J connectivity index is 0.000000440. The zero-order valence-corrected chi connectivity index (χ0v) is 65.4. The third kappa shape index (κ3) is 21.0. The van der Waals surface area contributed by atoms with Crippen LogP contribution in [-0.2, 0) is 28.9 Å². The number of halogens is 6. The van der Waals surface area contributed by atoms with Gasteiger partial charge in [-0.1, -0.05) is 48.5 Å². The normalized spacial score (nSPS) is 17.6. The van der Waals surface area contributed by atoms with Gasteiger partial charge in [0.15, 0.2) is 46.1 Å². The van der Waals surface area contributed by atoms with Crippen LogP contribution in [0.5, 0.6) is 46.0 Å². The van der Waals surface area contributed by atoms with Gasteiger partial charge in [0.1, 0.15) is 34.0 Å². The van der Waals surface area contributed by atoms with Gasteiger partial charge in [-0.3, -0.25) is 33.9 Å². The van der Waals surface area contributed by atoms with Gasteiger partial charge in [-0.2, -0.15) is 0 Å². The molecule has 0 bridgehead atoms. The van der Waals surface area contributed by atoms with Crippen LogP contribution >= 0.6 is 24.0 Å². The van der Waals surface area contributed by atoms with Crippen molar-refractivity contribution in [1.82, 2.24) is 20.2 Å². The Hall–Kier alpha value is -6.26. The minimum Gasteiger partial charge on any atom is -1.00 e. The molecule has 0 aliphatic heterocycles. The summed E-state index contributed by atoms with van der Waals surface area (Å²) in [5.74, 6) is -3.18. The summed E-state index contributed by atoms with van der Waals surface area (Å²) in [7, 11) is 4.87. The number of pyridine rings is 2. The van der Waals surface area contributed by atoms with Crippen LogP contribution in [0.25, 0.3) is 21.8 Å². The number of nitrogens with one attached hydrogen (secondary N) is 5. The number of anilines is 4. The van der Waals surface area contributed by atoms with Gasteiger partial charge in [0.05, 0.1) is 31.9 Å². The fourth-order valence-electron chi connectivity index (χ4n) is 11.4. The van der Waals surface area contributed by atoms with Crippen LogP contribution in [0.4, 0.5) is 40.3 Å². The summed E-state index contributed by atoms with van der Waals surface area (Å²) in [5, 5.41) is 33.5. The molecule has 8 aromatic rings. The van der Waals surface area contributed by atoms with Crippen LogP contribution in [0, 0.1) is 57.8 Å². The second kappa shape index (κ2) is 40.6. The number of methoxy groups -OCH3 is 2. The van der Waals surface area contributed by atoms with Gasteiger partial charge < -0.3 is 71.8 Å². The smallest absolute Gasteiger partial charge is 1.00 e. The molecule has 2 saturated carbocycles. The molecular weight excluding hydrogens is 1400 g/mol. The van der Waals surface area contributed by atoms with Crippen LogP contribution in [0.15, 0.2) is 134 Å². The molecule has 0 saturated heterocycles. The standard InChI is InChI=1S/C35H38F2N4O5.C29H25F2N3O5.C6H14ClN.CH2O3.ClH.2K.H/c1-6-23(38-4)14-16-45-32-19-28-26(18-31(32)44-5)29(13-15-39-28)46-30-12-11-25(17-27(30)37)41-34(43)35(20(2)21(35)3)33(42)40-24-9-7-22(36)8-10-24;1-15-16(2)29(15,27(36)33-18-6-4-17(30)5-7-18)28(37)34-19-8-9-25(21(31)12-19)39-24-10-11-32-22-14-23(35)26(38-3)13-20(22)24;1-3-8(4-2)6-5-7;2-1-4-3;;;;/h7-13,15,17-21,23,38H,6,14,16H2,1-5H3,(H,40,42)(H,41,43);4-16,35H,1-3H3,(H,33,36)(H,34,37);3-6H2,1-2H3;1,3H;1H;;;/q;;;;;2*+1;-1/p-1/t20-,21+,23?,35?;15-,16+,29?;;;;;;. The predicted octanol–water partition coefficient (Wildman–Crippen LogP) is 7.34. The first-order valence-electron chi connectivity index (χ1n) is 31.2. The van der Waals surface area contributed by atoms with Crippen molar-refractivity contribution in [1.29, 1.82) is 0 Å². The SMILES string of the molecule is CCC(CCOc1cc2nccc(Oc3ccc(NC(=O)C4(C(=O)Nc5ccc(F)cc5)[C@H](C)[C@@H]4C)cc3F)c2cc1OC)NC.CCN(CC)CCCl.COc1cc2c(Oc3ccc(NC(=O)C4(C(=O)Nc5ccc(F)cc5)[C@H](C)[C@@H]4C)cc3F)ccnc2cc1O.Cl.O=CO[O-].[H-].[K+].[K+]. The first-order chi connectivity index (χ1) is 46.5. The van der Waals surface area contributed by atoms with E-state index in [2.05, 4.69) is 67.1 Å². The Morgan fingerprint density at radius 1 is 0.600 bits per heavy atom. The molecule has 6 aromatic carbocycles. The number of carbonyl (C=O) groups excluding carboxylic acids is 5. The molecule has 0 spiro atoms. The van der Waals surface area contributed by atoms with Crippen molar-refractivity contribution in [3.63, 3.8) is 0 Å². The molecule has 0 radical (unpaired) electrons. The molecule has 21 nitrogen and oxygen atoms in total. The summed E-state index contributed by atoms with van der Waals surface area (Å²) in [6.45, 7) is 17.2. The van der Waals surface area contributed by atoms with Crippen LogP contribution in [-0.4, -0.2) is 110 Å². The van der Waals surface area contributed by atoms with E-state index in [1.165, 1.54) is 98.2 Å². The molecule has 3 unspecified atom stereocenters. The Morgan fingerprint density at radius 3 is 1.33 bits per heavy atom. The number of alkyl halides is 1. The molecule has 2 fully saturated rings. The van der Waals surface area contributed by atoms with Gasteiger partial charge in [0, 0.05) is 88.6 Å². The van der Waals surface area contributed by atoms with Gasteiger partial charge in [-0.15, -0.1) is 24.0 Å². The number of hydrogen-bond donors (Lipinski definition) is 6. The fraction of sp³-hybridized carbons (Fsp3) is 0.338. The monoisotopic (exact) mass is 1480 g/mol. The summed E-state index contributed by atoms with van der Waals surface area (Å²) in [4.78, 5) is 75.3. The maximum Gasteiger partial charge on any atom is 1.00 e. The number of rotatable bonds is 25. The second-order valence-corrected chi connectivity index (χ2v) is 23.2. The van der Waals surface area contributed by atoms with E-state index in [-0.39, 0.29) is 187 Å². The molecular formula is C71H80Cl2F4K2N8O13. The van der Waals surface area contributed by atoms with Crippen molar-refractivity contribution in [3.05, 3.63) is 157 Å². The van der Waals surface area contributed by atoms with Crippen LogP contribution < -0.4 is 158 Å². The molecule has 100 heavy (non-hydrogen) atoms. The first kappa shape index (κ1) is 86.2. The van der Waals surface area contributed by atoms with E-state index >= 15 is 8.78 Å². The van der Waals surface area contributed by atoms with Crippen molar-refractivity contribution in [2.45, 2.75) is 67.3 Å². The molecule has 2 aliphatic rings. The number of aromatic hydroxyl groups is 1. The van der Waals surface area contributed by atoms with E-state index in [0.29, 0.717) is 63.1 Å². The largest absolute Gasteiger partial charge is 1.00 e. The summed E-state index contributed by atoms with van der Waals surface area (Å²) in [6, 6.07) is 28.5. The second-order valence-electron chi connectivity index (χ2n) is 22.8. The zero-order chi connectivity index (χ0) is 70.7. The Labute approximate surface area is 675 Å². The molecule has 2 aliphatic carbocycles. The zero-order valence-electron chi connectivity index (χ0n) is 58.6. The van der Waals surface area contributed by atoms with E-state index in [0.717, 1.165) is 50.5 Å². The van der Waals surface area contributed by atoms with Crippen molar-refractivity contribution < 1.29 is 185 Å². The number of benzene rings is 6. The number of phenols is 1. The average molecular weight is 1480 g/mol. The van der Waals surface area contributed by atoms with Crippen LogP contribution in [0.2, 0.25) is 0 Å². The number of aromatic nitrogens is 2. The van der Waals surface area contributed by atoms with Crippen molar-refractivity contribution in [2.24, 2.45) is 34.5 Å². The van der Waals surface area contributed by atoms with Crippen molar-refractivity contribution in [2.75, 3.05) is 74.7 Å². The number of carbonyl (C=O) groups is 5. The van der Waals surface area contributed by atoms with Gasteiger partial charge >= 0.3 is 103 Å². The van der Waals surface area contributed by atoms with Crippen LogP contribution in [0.1, 0.15) is 62.7 Å². The minimum atomic E-state index is -1.36. The summed E-state index contributed by atoms with van der Waals surface area (Å²) < 4.78 is 85.4. The molecule has 2 heterocycles. The van der Waals surface area contributed by atoms with E-state index in [1.54, 1.807) is 65.3 Å². The van der Waals surface area contributed by atoms with E-state index in [4.69, 9.17) is 45.3 Å². The van der Waals surface area contributed by atoms with Gasteiger partial charge in [-0.25, -0.2) is 17.6 Å². The molecule has 7 atom stereocenters. The van der Waals surface area contributed by atoms with Gasteiger partial charge in [0.25, 0.3) is 6.47 Å². The van der Waals surface area contributed by atoms with E-state index in [9.17, 15) is 33.1 Å². The van der Waals surface area contributed by atoms with Gasteiger partial charge in [-0.05, 0) is 154 Å². The number of amides is 4. The quantitative estimate of drug-likeness (QED) is 0.00621. The summed E-state index contributed by atoms with van der Waals surface area (Å²) in [5.41, 5.74) is -0.663. The molecule has 29 heteroatoms. The molecule has 10 rings (SSSR count). The number of fused-ring (bicyclic) bond motifs is 2.